The number of ether oxygens (including phenoxy) is 1. The second-order valence-corrected chi connectivity index (χ2v) is 4.47. The van der Waals surface area contributed by atoms with Crippen LogP contribution in [0.25, 0.3) is 0 Å². The molecular formula is C9H16O4. The molecule has 5 atom stereocenters. The van der Waals surface area contributed by atoms with E-state index < -0.39 is 23.9 Å². The van der Waals surface area contributed by atoms with Crippen LogP contribution >= 0.6 is 0 Å². The van der Waals surface area contributed by atoms with Crippen molar-refractivity contribution in [3.05, 3.63) is 0 Å². The Kier molecular flexibility index (Phi) is 1.93. The van der Waals surface area contributed by atoms with E-state index in [2.05, 4.69) is 0 Å². The van der Waals surface area contributed by atoms with Gasteiger partial charge in [-0.05, 0) is 5.92 Å². The Bertz CT molecular complexity index is 218. The highest BCUT2D eigenvalue weighted by Gasteiger charge is 2.65. The van der Waals surface area contributed by atoms with Crippen LogP contribution in [0.3, 0.4) is 0 Å². The van der Waals surface area contributed by atoms with Crippen LogP contribution in [0.2, 0.25) is 0 Å². The average Bonchev–Trinajstić information content (AvgIpc) is 2.21. The molecule has 1 aliphatic carbocycles. The van der Waals surface area contributed by atoms with Gasteiger partial charge >= 0.3 is 0 Å². The molecule has 4 nitrogen and oxygen atoms in total. The van der Waals surface area contributed by atoms with Crippen LogP contribution < -0.4 is 0 Å². The third-order valence-electron chi connectivity index (χ3n) is 3.16. The highest BCUT2D eigenvalue weighted by atomic mass is 16.6. The SMILES string of the molecule is CC(C)[C@@H]1OC2[C@H](O)CC2(O)C1O. The first-order valence-electron chi connectivity index (χ1n) is 4.71. The predicted octanol–water partition coefficient (Wildman–Crippen LogP) is -0.734. The fourth-order valence-electron chi connectivity index (χ4n) is 2.28. The molecule has 4 heteroatoms. The molecular weight excluding hydrogens is 172 g/mol. The Hall–Kier alpha value is -0.160. The lowest BCUT2D eigenvalue weighted by molar-refractivity contribution is -0.205. The zero-order valence-electron chi connectivity index (χ0n) is 7.84. The van der Waals surface area contributed by atoms with Crippen LogP contribution in [0.4, 0.5) is 0 Å². The molecule has 1 heterocycles. The molecule has 13 heavy (non-hydrogen) atoms. The van der Waals surface area contributed by atoms with Gasteiger partial charge in [0.1, 0.15) is 17.8 Å². The van der Waals surface area contributed by atoms with E-state index >= 15 is 0 Å². The minimum atomic E-state index is -1.20. The Morgan fingerprint density at radius 2 is 2.00 bits per heavy atom. The topological polar surface area (TPSA) is 69.9 Å². The lowest BCUT2D eigenvalue weighted by atomic mass is 9.71. The number of rotatable bonds is 1. The minimum Gasteiger partial charge on any atom is -0.390 e. The molecule has 3 N–H and O–H groups in total. The molecule has 0 aromatic heterocycles. The van der Waals surface area contributed by atoms with Crippen LogP contribution in [0.1, 0.15) is 20.3 Å². The van der Waals surface area contributed by atoms with Gasteiger partial charge in [-0.15, -0.1) is 0 Å². The summed E-state index contributed by atoms with van der Waals surface area (Å²) in [7, 11) is 0. The van der Waals surface area contributed by atoms with Gasteiger partial charge in [0.15, 0.2) is 0 Å². The number of hydrogen-bond donors (Lipinski definition) is 3. The van der Waals surface area contributed by atoms with Gasteiger partial charge in [0.25, 0.3) is 0 Å². The molecule has 0 aromatic carbocycles. The van der Waals surface area contributed by atoms with E-state index in [9.17, 15) is 15.3 Å². The molecule has 0 amide bonds. The van der Waals surface area contributed by atoms with Crippen molar-refractivity contribution in [3.8, 4) is 0 Å². The van der Waals surface area contributed by atoms with Crippen molar-refractivity contribution in [1.29, 1.82) is 0 Å². The average molecular weight is 188 g/mol. The van der Waals surface area contributed by atoms with Crippen molar-refractivity contribution in [3.63, 3.8) is 0 Å². The van der Waals surface area contributed by atoms with Crippen LogP contribution in [-0.2, 0) is 4.74 Å². The van der Waals surface area contributed by atoms with E-state index in [0.29, 0.717) is 0 Å². The fourth-order valence-corrected chi connectivity index (χ4v) is 2.28. The van der Waals surface area contributed by atoms with Gasteiger partial charge in [-0.2, -0.15) is 0 Å². The van der Waals surface area contributed by atoms with Crippen molar-refractivity contribution in [1.82, 2.24) is 0 Å². The number of aliphatic hydroxyl groups is 3. The smallest absolute Gasteiger partial charge is 0.124 e. The zero-order valence-corrected chi connectivity index (χ0v) is 7.84. The van der Waals surface area contributed by atoms with Crippen molar-refractivity contribution >= 4 is 0 Å². The van der Waals surface area contributed by atoms with Crippen LogP contribution in [0.15, 0.2) is 0 Å². The maximum Gasteiger partial charge on any atom is 0.124 e. The number of fused-ring (bicyclic) bond motifs is 1. The third kappa shape index (κ3) is 1.06. The Labute approximate surface area is 77.1 Å². The Morgan fingerprint density at radius 3 is 2.38 bits per heavy atom. The molecule has 76 valence electrons. The predicted molar refractivity (Wildman–Crippen MR) is 45.1 cm³/mol. The zero-order chi connectivity index (χ0) is 9.80. The third-order valence-corrected chi connectivity index (χ3v) is 3.16. The summed E-state index contributed by atoms with van der Waals surface area (Å²) in [4.78, 5) is 0. The lowest BCUT2D eigenvalue weighted by Gasteiger charge is -2.44. The summed E-state index contributed by atoms with van der Waals surface area (Å²) >= 11 is 0. The van der Waals surface area contributed by atoms with Gasteiger partial charge in [-0.3, -0.25) is 0 Å². The largest absolute Gasteiger partial charge is 0.390 e. The van der Waals surface area contributed by atoms with E-state index in [0.717, 1.165) is 0 Å². The van der Waals surface area contributed by atoms with Crippen molar-refractivity contribution in [2.45, 2.75) is 50.3 Å². The highest BCUT2D eigenvalue weighted by molar-refractivity contribution is 5.15. The summed E-state index contributed by atoms with van der Waals surface area (Å²) in [6.07, 6.45) is -2.20. The van der Waals surface area contributed by atoms with E-state index in [1.165, 1.54) is 0 Å². The molecule has 1 saturated heterocycles. The van der Waals surface area contributed by atoms with Crippen LogP contribution in [0, 0.1) is 5.92 Å². The summed E-state index contributed by atoms with van der Waals surface area (Å²) < 4.78 is 5.40. The second-order valence-electron chi connectivity index (χ2n) is 4.47. The normalized spacial score (nSPS) is 54.9. The van der Waals surface area contributed by atoms with Crippen molar-refractivity contribution < 1.29 is 20.1 Å². The van der Waals surface area contributed by atoms with Crippen molar-refractivity contribution in [2.24, 2.45) is 5.92 Å². The Balaban J connectivity index is 2.15. The van der Waals surface area contributed by atoms with Gasteiger partial charge in [-0.25, -0.2) is 0 Å². The second kappa shape index (κ2) is 2.67. The molecule has 0 spiro atoms. The first kappa shape index (κ1) is 9.40. The van der Waals surface area contributed by atoms with E-state index in [1.807, 2.05) is 13.8 Å². The maximum atomic E-state index is 9.87. The number of hydrogen-bond acceptors (Lipinski definition) is 4. The van der Waals surface area contributed by atoms with Gasteiger partial charge in [0.2, 0.25) is 0 Å². The molecule has 3 unspecified atom stereocenters. The standard InChI is InChI=1S/C9H16O4/c1-4(2)6-7(11)9(12)3-5(10)8(9)13-6/h4-8,10-12H,3H2,1-2H3/t5-,6+,7?,8?,9?/m1/s1. The Morgan fingerprint density at radius 1 is 1.38 bits per heavy atom. The van der Waals surface area contributed by atoms with E-state index in [-0.39, 0.29) is 18.4 Å². The lowest BCUT2D eigenvalue weighted by Crippen LogP contribution is -2.63. The molecule has 2 aliphatic rings. The molecule has 0 bridgehead atoms. The first-order valence-corrected chi connectivity index (χ1v) is 4.71. The summed E-state index contributed by atoms with van der Waals surface area (Å²) in [6, 6.07) is 0. The van der Waals surface area contributed by atoms with Gasteiger partial charge in [0, 0.05) is 6.42 Å². The van der Waals surface area contributed by atoms with Gasteiger partial charge in [0.05, 0.1) is 12.2 Å². The fraction of sp³-hybridized carbons (Fsp3) is 1.00. The van der Waals surface area contributed by atoms with Crippen LogP contribution in [-0.4, -0.2) is 45.3 Å². The van der Waals surface area contributed by atoms with E-state index in [4.69, 9.17) is 4.74 Å². The van der Waals surface area contributed by atoms with Crippen molar-refractivity contribution in [2.75, 3.05) is 0 Å². The molecule has 1 aliphatic heterocycles. The van der Waals surface area contributed by atoms with Crippen LogP contribution in [0.5, 0.6) is 0 Å². The summed E-state index contributed by atoms with van der Waals surface area (Å²) in [6.45, 7) is 3.85. The first-order chi connectivity index (χ1) is 5.97. The minimum absolute atomic E-state index is 0.150. The maximum absolute atomic E-state index is 9.87. The monoisotopic (exact) mass is 188 g/mol. The molecule has 2 fully saturated rings. The molecule has 0 aromatic rings. The number of aliphatic hydroxyl groups excluding tert-OH is 2. The molecule has 2 rings (SSSR count). The van der Waals surface area contributed by atoms with E-state index in [1.54, 1.807) is 0 Å². The van der Waals surface area contributed by atoms with Gasteiger partial charge in [-0.1, -0.05) is 13.8 Å². The quantitative estimate of drug-likeness (QED) is 0.507. The molecule has 1 saturated carbocycles. The van der Waals surface area contributed by atoms with Gasteiger partial charge < -0.3 is 20.1 Å². The molecule has 0 radical (unpaired) electrons. The summed E-state index contributed by atoms with van der Waals surface area (Å²) in [5, 5.41) is 28.9. The summed E-state index contributed by atoms with van der Waals surface area (Å²) in [5.41, 5.74) is -1.20. The summed E-state index contributed by atoms with van der Waals surface area (Å²) in [5.74, 6) is 0.150. The highest BCUT2D eigenvalue weighted by Crippen LogP contribution is 2.47.